The van der Waals surface area contributed by atoms with Gasteiger partial charge in [0.1, 0.15) is 0 Å². The van der Waals surface area contributed by atoms with Crippen LogP contribution in [0, 0.1) is 0 Å². The molecule has 1 atom stereocenters. The van der Waals surface area contributed by atoms with E-state index in [0.717, 1.165) is 5.56 Å². The van der Waals surface area contributed by atoms with Crippen molar-refractivity contribution in [1.29, 1.82) is 0 Å². The van der Waals surface area contributed by atoms with Crippen LogP contribution in [-0.4, -0.2) is 17.3 Å². The van der Waals surface area contributed by atoms with Gasteiger partial charge in [0.2, 0.25) is 0 Å². The number of hydrogen-bond donors (Lipinski definition) is 2. The van der Waals surface area contributed by atoms with Gasteiger partial charge >= 0.3 is 0 Å². The lowest BCUT2D eigenvalue weighted by molar-refractivity contribution is 0.208. The molecule has 0 aromatic heterocycles. The lowest BCUT2D eigenvalue weighted by Crippen LogP contribution is -2.42. The zero-order chi connectivity index (χ0) is 10.8. The first-order valence-corrected chi connectivity index (χ1v) is 5.04. The molecule has 14 heavy (non-hydrogen) atoms. The van der Waals surface area contributed by atoms with Crippen molar-refractivity contribution in [2.75, 3.05) is 6.61 Å². The first kappa shape index (κ1) is 11.8. The molecule has 0 aliphatic heterocycles. The number of hydrogen-bond acceptors (Lipinski definition) is 2. The fourth-order valence-electron chi connectivity index (χ4n) is 1.16. The molecule has 0 amide bonds. The molecule has 1 rings (SSSR count). The van der Waals surface area contributed by atoms with Crippen LogP contribution in [-0.2, 0) is 6.42 Å². The van der Waals surface area contributed by atoms with E-state index in [9.17, 15) is 0 Å². The van der Waals surface area contributed by atoms with Gasteiger partial charge in [0, 0.05) is 15.6 Å². The molecule has 0 aliphatic carbocycles. The molecule has 0 bridgehead atoms. The van der Waals surface area contributed by atoms with Gasteiger partial charge in [-0.25, -0.2) is 0 Å². The van der Waals surface area contributed by atoms with Crippen LogP contribution in [0.4, 0.5) is 0 Å². The Labute approximate surface area is 93.6 Å². The molecule has 78 valence electrons. The Bertz CT molecular complexity index is 326. The van der Waals surface area contributed by atoms with Gasteiger partial charge in [0.05, 0.1) is 6.61 Å². The standard InChI is InChI=1S/C10H13Cl2NO/c1-10(13,6-14)5-7-2-3-8(11)4-9(7)12/h2-4,14H,5-6,13H2,1H3. The van der Waals surface area contributed by atoms with Gasteiger partial charge in [-0.1, -0.05) is 29.3 Å². The minimum absolute atomic E-state index is 0.0774. The predicted molar refractivity (Wildman–Crippen MR) is 59.8 cm³/mol. The lowest BCUT2D eigenvalue weighted by Gasteiger charge is -2.22. The fourth-order valence-corrected chi connectivity index (χ4v) is 1.63. The third-order valence-corrected chi connectivity index (χ3v) is 2.56. The van der Waals surface area contributed by atoms with Gasteiger partial charge in [0.15, 0.2) is 0 Å². The molecule has 0 fully saturated rings. The summed E-state index contributed by atoms with van der Waals surface area (Å²) < 4.78 is 0. The van der Waals surface area contributed by atoms with E-state index in [1.54, 1.807) is 19.1 Å². The van der Waals surface area contributed by atoms with Crippen LogP contribution in [0.3, 0.4) is 0 Å². The molecule has 2 nitrogen and oxygen atoms in total. The number of rotatable bonds is 3. The topological polar surface area (TPSA) is 46.2 Å². The van der Waals surface area contributed by atoms with E-state index in [1.165, 1.54) is 0 Å². The first-order chi connectivity index (χ1) is 6.44. The van der Waals surface area contributed by atoms with Crippen LogP contribution in [0.1, 0.15) is 12.5 Å². The zero-order valence-electron chi connectivity index (χ0n) is 7.93. The van der Waals surface area contributed by atoms with Gasteiger partial charge in [0.25, 0.3) is 0 Å². The third-order valence-electron chi connectivity index (χ3n) is 1.97. The largest absolute Gasteiger partial charge is 0.394 e. The molecule has 1 aromatic carbocycles. The highest BCUT2D eigenvalue weighted by atomic mass is 35.5. The van der Waals surface area contributed by atoms with Crippen molar-refractivity contribution in [3.63, 3.8) is 0 Å². The van der Waals surface area contributed by atoms with Crippen LogP contribution >= 0.6 is 23.2 Å². The maximum atomic E-state index is 9.01. The lowest BCUT2D eigenvalue weighted by atomic mass is 9.95. The molecule has 0 heterocycles. The summed E-state index contributed by atoms with van der Waals surface area (Å²) in [5.74, 6) is 0. The van der Waals surface area contributed by atoms with Crippen LogP contribution in [0.5, 0.6) is 0 Å². The molecule has 3 N–H and O–H groups in total. The van der Waals surface area contributed by atoms with E-state index in [2.05, 4.69) is 0 Å². The monoisotopic (exact) mass is 233 g/mol. The molecular weight excluding hydrogens is 221 g/mol. The van der Waals surface area contributed by atoms with Gasteiger partial charge in [-0.2, -0.15) is 0 Å². The van der Waals surface area contributed by atoms with Crippen molar-refractivity contribution < 1.29 is 5.11 Å². The Morgan fingerprint density at radius 2 is 2.07 bits per heavy atom. The van der Waals surface area contributed by atoms with E-state index < -0.39 is 5.54 Å². The summed E-state index contributed by atoms with van der Waals surface area (Å²) in [5.41, 5.74) is 6.07. The molecule has 1 unspecified atom stereocenters. The highest BCUT2D eigenvalue weighted by Crippen LogP contribution is 2.23. The summed E-state index contributed by atoms with van der Waals surface area (Å²) in [6.45, 7) is 1.70. The quantitative estimate of drug-likeness (QED) is 0.842. The molecule has 0 radical (unpaired) electrons. The van der Waals surface area contributed by atoms with Crippen molar-refractivity contribution in [2.45, 2.75) is 18.9 Å². The highest BCUT2D eigenvalue weighted by molar-refractivity contribution is 6.35. The summed E-state index contributed by atoms with van der Waals surface area (Å²) >= 11 is 11.7. The number of benzene rings is 1. The van der Waals surface area contributed by atoms with Gasteiger partial charge in [-0.05, 0) is 31.0 Å². The highest BCUT2D eigenvalue weighted by Gasteiger charge is 2.19. The first-order valence-electron chi connectivity index (χ1n) is 4.28. The fraction of sp³-hybridized carbons (Fsp3) is 0.400. The second-order valence-corrected chi connectivity index (χ2v) is 4.57. The van der Waals surface area contributed by atoms with Crippen molar-refractivity contribution in [2.24, 2.45) is 5.73 Å². The predicted octanol–water partition coefficient (Wildman–Crippen LogP) is 2.25. The van der Waals surface area contributed by atoms with Crippen molar-refractivity contribution in [3.8, 4) is 0 Å². The summed E-state index contributed by atoms with van der Waals surface area (Å²) in [6, 6.07) is 5.26. The molecule has 0 saturated heterocycles. The van der Waals surface area contributed by atoms with E-state index in [-0.39, 0.29) is 6.61 Å². The molecule has 0 saturated carbocycles. The minimum atomic E-state index is -0.641. The maximum absolute atomic E-state index is 9.01. The number of aliphatic hydroxyl groups is 1. The summed E-state index contributed by atoms with van der Waals surface area (Å²) in [4.78, 5) is 0. The van der Waals surface area contributed by atoms with E-state index >= 15 is 0 Å². The molecular formula is C10H13Cl2NO. The van der Waals surface area contributed by atoms with Crippen LogP contribution in [0.15, 0.2) is 18.2 Å². The maximum Gasteiger partial charge on any atom is 0.0611 e. The Hall–Kier alpha value is -0.280. The number of halogens is 2. The summed E-state index contributed by atoms with van der Waals surface area (Å²) in [5, 5.41) is 10.2. The van der Waals surface area contributed by atoms with Gasteiger partial charge in [-0.3, -0.25) is 0 Å². The second-order valence-electron chi connectivity index (χ2n) is 3.72. The van der Waals surface area contributed by atoms with E-state index in [0.29, 0.717) is 16.5 Å². The van der Waals surface area contributed by atoms with E-state index in [1.807, 2.05) is 6.07 Å². The second kappa shape index (κ2) is 4.49. The van der Waals surface area contributed by atoms with Crippen LogP contribution in [0.2, 0.25) is 10.0 Å². The third kappa shape index (κ3) is 3.14. The summed E-state index contributed by atoms with van der Waals surface area (Å²) in [6.07, 6.45) is 0.527. The normalized spacial score (nSPS) is 15.2. The SMILES string of the molecule is CC(N)(CO)Cc1ccc(Cl)cc1Cl. The molecule has 0 aliphatic rings. The molecule has 1 aromatic rings. The Balaban J connectivity index is 2.87. The van der Waals surface area contributed by atoms with Crippen molar-refractivity contribution in [1.82, 2.24) is 0 Å². The Morgan fingerprint density at radius 3 is 2.57 bits per heavy atom. The van der Waals surface area contributed by atoms with E-state index in [4.69, 9.17) is 34.0 Å². The Morgan fingerprint density at radius 1 is 1.43 bits per heavy atom. The molecule has 0 spiro atoms. The average molecular weight is 234 g/mol. The Kier molecular flexibility index (Phi) is 3.78. The number of aliphatic hydroxyl groups excluding tert-OH is 1. The number of nitrogens with two attached hydrogens (primary N) is 1. The zero-order valence-corrected chi connectivity index (χ0v) is 9.44. The van der Waals surface area contributed by atoms with Crippen molar-refractivity contribution >= 4 is 23.2 Å². The van der Waals surface area contributed by atoms with Crippen molar-refractivity contribution in [3.05, 3.63) is 33.8 Å². The average Bonchev–Trinajstić information content (AvgIpc) is 2.10. The smallest absolute Gasteiger partial charge is 0.0611 e. The van der Waals surface area contributed by atoms with Gasteiger partial charge < -0.3 is 10.8 Å². The van der Waals surface area contributed by atoms with Gasteiger partial charge in [-0.15, -0.1) is 0 Å². The summed E-state index contributed by atoms with van der Waals surface area (Å²) in [7, 11) is 0. The van der Waals surface area contributed by atoms with Crippen LogP contribution < -0.4 is 5.73 Å². The molecule has 4 heteroatoms. The minimum Gasteiger partial charge on any atom is -0.394 e. The van der Waals surface area contributed by atoms with Crippen LogP contribution in [0.25, 0.3) is 0 Å².